The number of methoxy groups -OCH3 is 1. The largest absolute Gasteiger partial charge is 0.480 e. The molecule has 0 radical (unpaired) electrons. The lowest BCUT2D eigenvalue weighted by Crippen LogP contribution is -2.26. The van der Waals surface area contributed by atoms with Crippen LogP contribution in [0.5, 0.6) is 5.88 Å². The maximum absolute atomic E-state index is 12.8. The van der Waals surface area contributed by atoms with Crippen LogP contribution in [0.25, 0.3) is 10.8 Å². The van der Waals surface area contributed by atoms with Crippen molar-refractivity contribution in [3.05, 3.63) is 86.8 Å². The van der Waals surface area contributed by atoms with E-state index in [2.05, 4.69) is 25.4 Å². The second-order valence-electron chi connectivity index (χ2n) is 6.76. The van der Waals surface area contributed by atoms with E-state index in [9.17, 15) is 9.59 Å². The maximum atomic E-state index is 12.8. The van der Waals surface area contributed by atoms with Crippen LogP contribution in [-0.4, -0.2) is 31.8 Å². The topological polar surface area (TPSA) is 115 Å². The Morgan fingerprint density at radius 3 is 2.70 bits per heavy atom. The molecule has 3 aromatic heterocycles. The van der Waals surface area contributed by atoms with Crippen LogP contribution in [0, 0.1) is 0 Å². The molecule has 4 aromatic rings. The van der Waals surface area contributed by atoms with Crippen molar-refractivity contribution in [3.8, 4) is 5.88 Å². The summed E-state index contributed by atoms with van der Waals surface area (Å²) in [4.78, 5) is 36.2. The first kappa shape index (κ1) is 19.3. The Balaban J connectivity index is 1.67. The van der Waals surface area contributed by atoms with Gasteiger partial charge in [0.25, 0.3) is 11.1 Å². The van der Waals surface area contributed by atoms with Crippen LogP contribution in [0.3, 0.4) is 0 Å². The molecule has 0 saturated carbocycles. The first-order valence-electron chi connectivity index (χ1n) is 9.35. The van der Waals surface area contributed by atoms with Crippen molar-refractivity contribution >= 4 is 16.7 Å². The quantitative estimate of drug-likeness (QED) is 0.506. The molecule has 0 bridgehead atoms. The molecule has 0 aliphatic rings. The molecule has 2 N–H and O–H groups in total. The van der Waals surface area contributed by atoms with Gasteiger partial charge in [0, 0.05) is 18.5 Å². The van der Waals surface area contributed by atoms with E-state index in [4.69, 9.17) is 4.74 Å². The number of rotatable bonds is 6. The second-order valence-corrected chi connectivity index (χ2v) is 6.76. The number of benzene rings is 1. The van der Waals surface area contributed by atoms with Gasteiger partial charge in [0.1, 0.15) is 0 Å². The summed E-state index contributed by atoms with van der Waals surface area (Å²) in [6.07, 6.45) is 3.43. The number of hydrogen-bond donors (Lipinski definition) is 2. The van der Waals surface area contributed by atoms with Crippen molar-refractivity contribution in [2.75, 3.05) is 12.4 Å². The Kier molecular flexibility index (Phi) is 5.25. The van der Waals surface area contributed by atoms with Crippen LogP contribution in [0.2, 0.25) is 0 Å². The lowest BCUT2D eigenvalue weighted by Gasteiger charge is -2.15. The summed E-state index contributed by atoms with van der Waals surface area (Å²) in [5.74, 6) is 0.633. The van der Waals surface area contributed by atoms with E-state index in [1.165, 1.54) is 17.9 Å². The first-order valence-corrected chi connectivity index (χ1v) is 9.35. The SMILES string of the molecule is COc1nn(Cc2cc(=O)[nH]c(N[C@@H](C)c3cccnc3)n2)c(=O)c2ccccc12. The summed E-state index contributed by atoms with van der Waals surface area (Å²) in [6, 6.07) is 12.1. The average Bonchev–Trinajstić information content (AvgIpc) is 2.76. The van der Waals surface area contributed by atoms with E-state index in [1.54, 1.807) is 30.6 Å². The highest BCUT2D eigenvalue weighted by molar-refractivity contribution is 5.85. The summed E-state index contributed by atoms with van der Waals surface area (Å²) in [7, 11) is 1.50. The zero-order chi connectivity index (χ0) is 21.1. The molecule has 0 amide bonds. The molecule has 4 rings (SSSR count). The van der Waals surface area contributed by atoms with Crippen molar-refractivity contribution < 1.29 is 4.74 Å². The predicted octanol–water partition coefficient (Wildman–Crippen LogP) is 2.10. The van der Waals surface area contributed by atoms with Gasteiger partial charge >= 0.3 is 0 Å². The number of anilines is 1. The van der Waals surface area contributed by atoms with Gasteiger partial charge in [0.05, 0.1) is 36.2 Å². The number of fused-ring (bicyclic) bond motifs is 1. The number of H-pyrrole nitrogens is 1. The van der Waals surface area contributed by atoms with E-state index >= 15 is 0 Å². The minimum Gasteiger partial charge on any atom is -0.480 e. The number of hydrogen-bond acceptors (Lipinski definition) is 7. The Morgan fingerprint density at radius 2 is 1.97 bits per heavy atom. The molecule has 0 fully saturated rings. The highest BCUT2D eigenvalue weighted by Gasteiger charge is 2.13. The summed E-state index contributed by atoms with van der Waals surface area (Å²) in [6.45, 7) is 1.96. The summed E-state index contributed by atoms with van der Waals surface area (Å²) < 4.78 is 6.58. The number of aromatic nitrogens is 5. The fraction of sp³-hybridized carbons (Fsp3) is 0.190. The third-order valence-electron chi connectivity index (χ3n) is 4.67. The Labute approximate surface area is 171 Å². The van der Waals surface area contributed by atoms with Crippen molar-refractivity contribution in [1.82, 2.24) is 24.7 Å². The van der Waals surface area contributed by atoms with E-state index in [0.717, 1.165) is 5.56 Å². The molecule has 30 heavy (non-hydrogen) atoms. The monoisotopic (exact) mass is 404 g/mol. The predicted molar refractivity (Wildman–Crippen MR) is 113 cm³/mol. The second kappa shape index (κ2) is 8.16. The summed E-state index contributed by atoms with van der Waals surface area (Å²) in [5, 5.41) is 8.55. The number of ether oxygens (including phenoxy) is 1. The fourth-order valence-corrected chi connectivity index (χ4v) is 3.19. The van der Waals surface area contributed by atoms with Gasteiger partial charge in [0.15, 0.2) is 0 Å². The van der Waals surface area contributed by atoms with Crippen LogP contribution in [0.1, 0.15) is 24.2 Å². The smallest absolute Gasteiger partial charge is 0.275 e. The van der Waals surface area contributed by atoms with Crippen LogP contribution in [-0.2, 0) is 6.54 Å². The molecular formula is C21H20N6O3. The number of aromatic amines is 1. The molecule has 152 valence electrons. The Morgan fingerprint density at radius 1 is 1.17 bits per heavy atom. The molecule has 9 nitrogen and oxygen atoms in total. The fourth-order valence-electron chi connectivity index (χ4n) is 3.19. The molecule has 0 spiro atoms. The van der Waals surface area contributed by atoms with Crippen molar-refractivity contribution in [2.45, 2.75) is 19.5 Å². The molecule has 0 unspecified atom stereocenters. The van der Waals surface area contributed by atoms with Crippen LogP contribution < -0.4 is 21.2 Å². The van der Waals surface area contributed by atoms with E-state index in [0.29, 0.717) is 28.3 Å². The normalized spacial score (nSPS) is 11.9. The molecule has 9 heteroatoms. The van der Waals surface area contributed by atoms with Gasteiger partial charge in [-0.1, -0.05) is 18.2 Å². The number of pyridine rings is 1. The van der Waals surface area contributed by atoms with E-state index in [1.807, 2.05) is 25.1 Å². The third kappa shape index (κ3) is 3.90. The van der Waals surface area contributed by atoms with E-state index < -0.39 is 0 Å². The van der Waals surface area contributed by atoms with Crippen LogP contribution in [0.15, 0.2) is 64.4 Å². The minimum atomic E-state index is -0.332. The number of nitrogens with one attached hydrogen (secondary N) is 2. The first-order chi connectivity index (χ1) is 14.5. The zero-order valence-electron chi connectivity index (χ0n) is 16.5. The number of nitrogens with zero attached hydrogens (tertiary/aromatic N) is 4. The molecule has 0 aliphatic heterocycles. The Bertz CT molecular complexity index is 1300. The van der Waals surface area contributed by atoms with Gasteiger partial charge in [-0.3, -0.25) is 19.6 Å². The zero-order valence-corrected chi connectivity index (χ0v) is 16.5. The van der Waals surface area contributed by atoms with Gasteiger partial charge in [0.2, 0.25) is 11.8 Å². The van der Waals surface area contributed by atoms with Crippen LogP contribution >= 0.6 is 0 Å². The maximum Gasteiger partial charge on any atom is 0.275 e. The van der Waals surface area contributed by atoms with Crippen molar-refractivity contribution in [1.29, 1.82) is 0 Å². The molecular weight excluding hydrogens is 384 g/mol. The average molecular weight is 404 g/mol. The van der Waals surface area contributed by atoms with E-state index in [-0.39, 0.29) is 23.7 Å². The Hall–Kier alpha value is -4.01. The molecule has 0 aliphatic carbocycles. The van der Waals surface area contributed by atoms with Crippen LogP contribution in [0.4, 0.5) is 5.95 Å². The standard InChI is InChI=1S/C21H20N6O3/c1-13(14-6-5-9-22-11-14)23-21-24-15(10-18(28)25-21)12-27-20(29)17-8-4-3-7-16(17)19(26-27)30-2/h3-11,13H,12H2,1-2H3,(H2,23,24,25,28)/t13-/m0/s1. The van der Waals surface area contributed by atoms with Gasteiger partial charge < -0.3 is 10.1 Å². The summed E-state index contributed by atoms with van der Waals surface area (Å²) >= 11 is 0. The molecule has 1 atom stereocenters. The third-order valence-corrected chi connectivity index (χ3v) is 4.67. The highest BCUT2D eigenvalue weighted by atomic mass is 16.5. The van der Waals surface area contributed by atoms with Gasteiger partial charge in [-0.15, -0.1) is 5.10 Å². The molecule has 0 saturated heterocycles. The minimum absolute atomic E-state index is 0.0277. The van der Waals surface area contributed by atoms with Gasteiger partial charge in [-0.25, -0.2) is 9.67 Å². The lowest BCUT2D eigenvalue weighted by atomic mass is 10.1. The van der Waals surface area contributed by atoms with Crippen molar-refractivity contribution in [2.24, 2.45) is 0 Å². The highest BCUT2D eigenvalue weighted by Crippen LogP contribution is 2.19. The van der Waals surface area contributed by atoms with Gasteiger partial charge in [-0.05, 0) is 30.7 Å². The van der Waals surface area contributed by atoms with Gasteiger partial charge in [-0.2, -0.15) is 0 Å². The lowest BCUT2D eigenvalue weighted by molar-refractivity contribution is 0.385. The molecule has 3 heterocycles. The van der Waals surface area contributed by atoms with Crippen molar-refractivity contribution in [3.63, 3.8) is 0 Å². The molecule has 1 aromatic carbocycles. The summed E-state index contributed by atoms with van der Waals surface area (Å²) in [5.41, 5.74) is 0.725.